The maximum atomic E-state index is 2.66. The quantitative estimate of drug-likeness (QED) is 0.166. The molecular formula is C54H51N. The van der Waals surface area contributed by atoms with Crippen LogP contribution in [0.5, 0.6) is 0 Å². The molecule has 3 unspecified atom stereocenters. The lowest BCUT2D eigenvalue weighted by molar-refractivity contribution is 0.420. The summed E-state index contributed by atoms with van der Waals surface area (Å²) in [6.45, 7) is 4.85. The van der Waals surface area contributed by atoms with Gasteiger partial charge in [0.15, 0.2) is 0 Å². The van der Waals surface area contributed by atoms with E-state index in [1.807, 2.05) is 0 Å². The maximum absolute atomic E-state index is 2.66. The Hall–Kier alpha value is -5.14. The fraction of sp³-hybridized carbons (Fsp3) is 0.296. The van der Waals surface area contributed by atoms with Crippen LogP contribution < -0.4 is 4.90 Å². The van der Waals surface area contributed by atoms with E-state index in [2.05, 4.69) is 158 Å². The summed E-state index contributed by atoms with van der Waals surface area (Å²) in [5.74, 6) is 3.10. The van der Waals surface area contributed by atoms with E-state index in [1.54, 1.807) is 0 Å². The highest BCUT2D eigenvalue weighted by Gasteiger charge is 2.40. The number of anilines is 3. The monoisotopic (exact) mass is 713 g/mol. The van der Waals surface area contributed by atoms with Gasteiger partial charge in [-0.25, -0.2) is 0 Å². The lowest BCUT2D eigenvalue weighted by Crippen LogP contribution is -2.18. The van der Waals surface area contributed by atoms with E-state index in [4.69, 9.17) is 0 Å². The van der Waals surface area contributed by atoms with Gasteiger partial charge in [-0.05, 0) is 141 Å². The predicted molar refractivity (Wildman–Crippen MR) is 233 cm³/mol. The first-order chi connectivity index (χ1) is 27.0. The van der Waals surface area contributed by atoms with Crippen molar-refractivity contribution >= 4 is 38.6 Å². The molecule has 0 radical (unpaired) electrons. The molecule has 2 bridgehead atoms. The molecule has 4 aliphatic rings. The molecule has 1 heteroatoms. The zero-order valence-corrected chi connectivity index (χ0v) is 32.4. The summed E-state index contributed by atoms with van der Waals surface area (Å²) >= 11 is 0. The third kappa shape index (κ3) is 5.33. The Labute approximate surface area is 327 Å². The summed E-state index contributed by atoms with van der Waals surface area (Å²) in [4.78, 5) is 2.66. The van der Waals surface area contributed by atoms with Crippen molar-refractivity contribution in [2.24, 2.45) is 11.8 Å². The first-order valence-electron chi connectivity index (χ1n) is 21.2. The number of nitrogens with zero attached hydrogens (tertiary/aromatic N) is 1. The smallest absolute Gasteiger partial charge is 0.0544 e. The van der Waals surface area contributed by atoms with Gasteiger partial charge in [-0.1, -0.05) is 149 Å². The standard InChI is InChI=1S/C54H51N/c1-54(2)49-23-9-8-20-45(49)47-33-48(44-22-10-16-36-15-6-7-19-42(36)44)52(34-50(47)54)55(41-29-27-38(28-30-41)46-32-35-25-26-40(46)31-35)51-24-12-18-39-17-11-21-43(53(39)51)37-13-4-3-5-14-37/h6-12,15-24,27-30,33-35,37,40,46H,3-5,13-14,25-26,31-32H2,1-2H3. The van der Waals surface area contributed by atoms with Gasteiger partial charge in [0, 0.05) is 22.1 Å². The molecule has 0 N–H and O–H groups in total. The number of hydrogen-bond acceptors (Lipinski definition) is 1. The van der Waals surface area contributed by atoms with Gasteiger partial charge >= 0.3 is 0 Å². The number of benzene rings is 7. The zero-order valence-electron chi connectivity index (χ0n) is 32.4. The van der Waals surface area contributed by atoms with Crippen LogP contribution in [0.25, 0.3) is 43.8 Å². The molecule has 0 heterocycles. The first kappa shape index (κ1) is 33.2. The molecule has 0 spiro atoms. The van der Waals surface area contributed by atoms with E-state index < -0.39 is 0 Å². The molecule has 0 amide bonds. The Balaban J connectivity index is 1.20. The van der Waals surface area contributed by atoms with Crippen LogP contribution in [-0.4, -0.2) is 0 Å². The highest BCUT2D eigenvalue weighted by atomic mass is 15.1. The van der Waals surface area contributed by atoms with Gasteiger partial charge < -0.3 is 4.90 Å². The lowest BCUT2D eigenvalue weighted by Gasteiger charge is -2.33. The maximum Gasteiger partial charge on any atom is 0.0544 e. The molecule has 0 aromatic heterocycles. The fourth-order valence-electron chi connectivity index (χ4n) is 11.8. The lowest BCUT2D eigenvalue weighted by atomic mass is 9.81. The molecule has 3 saturated carbocycles. The van der Waals surface area contributed by atoms with Crippen LogP contribution >= 0.6 is 0 Å². The predicted octanol–water partition coefficient (Wildman–Crippen LogP) is 15.4. The van der Waals surface area contributed by atoms with Gasteiger partial charge in [0.05, 0.1) is 11.4 Å². The Kier molecular flexibility index (Phi) is 7.84. The van der Waals surface area contributed by atoms with Crippen LogP contribution in [0.4, 0.5) is 17.1 Å². The number of hydrogen-bond donors (Lipinski definition) is 0. The Morgan fingerprint density at radius 3 is 2.07 bits per heavy atom. The van der Waals surface area contributed by atoms with Gasteiger partial charge in [0.1, 0.15) is 0 Å². The number of fused-ring (bicyclic) bond motifs is 7. The van der Waals surface area contributed by atoms with Crippen LogP contribution in [0.3, 0.4) is 0 Å². The van der Waals surface area contributed by atoms with E-state index in [9.17, 15) is 0 Å². The van der Waals surface area contributed by atoms with Gasteiger partial charge in [0.2, 0.25) is 0 Å². The molecule has 4 aliphatic carbocycles. The highest BCUT2D eigenvalue weighted by molar-refractivity contribution is 6.07. The summed E-state index contributed by atoms with van der Waals surface area (Å²) < 4.78 is 0. The molecule has 3 atom stereocenters. The summed E-state index contributed by atoms with van der Waals surface area (Å²) in [7, 11) is 0. The third-order valence-corrected chi connectivity index (χ3v) is 14.5. The fourth-order valence-corrected chi connectivity index (χ4v) is 11.8. The second kappa shape index (κ2) is 13.0. The zero-order chi connectivity index (χ0) is 36.7. The molecule has 0 saturated heterocycles. The van der Waals surface area contributed by atoms with Crippen LogP contribution in [0.15, 0.2) is 140 Å². The van der Waals surface area contributed by atoms with Crippen LogP contribution in [0.2, 0.25) is 0 Å². The summed E-state index contributed by atoms with van der Waals surface area (Å²) in [5, 5.41) is 5.33. The third-order valence-electron chi connectivity index (χ3n) is 14.5. The van der Waals surface area contributed by atoms with E-state index >= 15 is 0 Å². The van der Waals surface area contributed by atoms with Crippen molar-refractivity contribution in [3.63, 3.8) is 0 Å². The minimum absolute atomic E-state index is 0.124. The van der Waals surface area contributed by atoms with E-state index in [0.717, 1.165) is 11.8 Å². The molecule has 1 nitrogen and oxygen atoms in total. The molecule has 7 aromatic carbocycles. The minimum Gasteiger partial charge on any atom is -0.309 e. The van der Waals surface area contributed by atoms with E-state index in [0.29, 0.717) is 11.8 Å². The molecule has 0 aliphatic heterocycles. The van der Waals surface area contributed by atoms with Crippen molar-refractivity contribution in [3.05, 3.63) is 162 Å². The van der Waals surface area contributed by atoms with Crippen LogP contribution in [-0.2, 0) is 5.41 Å². The van der Waals surface area contributed by atoms with Gasteiger partial charge in [-0.2, -0.15) is 0 Å². The highest BCUT2D eigenvalue weighted by Crippen LogP contribution is 2.56. The summed E-state index contributed by atoms with van der Waals surface area (Å²) in [6, 6.07) is 54.1. The average Bonchev–Trinajstić information content (AvgIpc) is 3.94. The molecular weight excluding hydrogens is 663 g/mol. The number of rotatable bonds is 6. The Morgan fingerprint density at radius 2 is 1.25 bits per heavy atom. The Morgan fingerprint density at radius 1 is 0.527 bits per heavy atom. The molecule has 272 valence electrons. The van der Waals surface area contributed by atoms with Crippen molar-refractivity contribution < 1.29 is 0 Å². The van der Waals surface area contributed by atoms with Crippen molar-refractivity contribution in [2.45, 2.75) is 88.9 Å². The minimum atomic E-state index is -0.124. The van der Waals surface area contributed by atoms with Crippen molar-refractivity contribution in [3.8, 4) is 22.3 Å². The normalized spacial score (nSPS) is 21.2. The van der Waals surface area contributed by atoms with Crippen molar-refractivity contribution in [1.82, 2.24) is 0 Å². The van der Waals surface area contributed by atoms with E-state index in [1.165, 1.54) is 141 Å². The molecule has 11 rings (SSSR count). The second-order valence-electron chi connectivity index (χ2n) is 17.9. The summed E-state index contributed by atoms with van der Waals surface area (Å²) in [6.07, 6.45) is 12.2. The molecule has 55 heavy (non-hydrogen) atoms. The Bertz CT molecular complexity index is 2570. The van der Waals surface area contributed by atoms with Gasteiger partial charge in [-0.15, -0.1) is 0 Å². The van der Waals surface area contributed by atoms with Crippen molar-refractivity contribution in [2.75, 3.05) is 4.90 Å². The average molecular weight is 714 g/mol. The van der Waals surface area contributed by atoms with Crippen LogP contribution in [0, 0.1) is 11.8 Å². The van der Waals surface area contributed by atoms with Gasteiger partial charge in [-0.3, -0.25) is 0 Å². The SMILES string of the molecule is CC1(C)c2ccccc2-c2cc(-c3cccc4ccccc34)c(N(c3ccc(C4CC5CCC4C5)cc3)c3cccc4cccc(C5CCCCC5)c34)cc21. The molecule has 3 fully saturated rings. The largest absolute Gasteiger partial charge is 0.309 e. The van der Waals surface area contributed by atoms with E-state index in [-0.39, 0.29) is 5.41 Å². The molecule has 7 aromatic rings. The second-order valence-corrected chi connectivity index (χ2v) is 17.9. The van der Waals surface area contributed by atoms with Crippen molar-refractivity contribution in [1.29, 1.82) is 0 Å². The topological polar surface area (TPSA) is 3.24 Å². The van der Waals surface area contributed by atoms with Crippen LogP contribution in [0.1, 0.15) is 106 Å². The summed E-state index contributed by atoms with van der Waals surface area (Å²) in [5.41, 5.74) is 14.9. The van der Waals surface area contributed by atoms with Gasteiger partial charge in [0.25, 0.3) is 0 Å². The first-order valence-corrected chi connectivity index (χ1v) is 21.2.